The number of hydrogen-bond donors (Lipinski definition) is 2. The van der Waals surface area contributed by atoms with Crippen LogP contribution in [-0.4, -0.2) is 51.5 Å². The number of halogens is 2. The molecule has 5 aromatic rings. The standard InChI is InChI=1S/C41H35F2N3O5/c1-44-37(47)25-33-30-12-4-7-16-34(30)46(24-23-41(33,42)43)40(49)26-19-21-27(22-20-26)45-39(48)32-15-10-14-29(28-11-5-8-17-35(28)50-2)38(32)31-13-6-9-18-36(31)51-3/h4-22,25H,23-24H2,1-3H3,(H,44,47)(H,45,48)/b33-25-. The Kier molecular flexibility index (Phi) is 9.95. The van der Waals surface area contributed by atoms with Crippen molar-refractivity contribution in [2.75, 3.05) is 38.0 Å². The maximum Gasteiger partial charge on any atom is 0.275 e. The molecule has 0 atom stereocenters. The molecule has 51 heavy (non-hydrogen) atoms. The number of benzene rings is 5. The van der Waals surface area contributed by atoms with Crippen LogP contribution in [0.1, 0.15) is 32.7 Å². The Morgan fingerprint density at radius 1 is 0.725 bits per heavy atom. The summed E-state index contributed by atoms with van der Waals surface area (Å²) in [5.41, 5.74) is 3.87. The van der Waals surface area contributed by atoms with Crippen LogP contribution in [0.5, 0.6) is 11.5 Å². The lowest BCUT2D eigenvalue weighted by Crippen LogP contribution is -2.33. The second-order valence-electron chi connectivity index (χ2n) is 11.8. The van der Waals surface area contributed by atoms with Crippen molar-refractivity contribution in [1.29, 1.82) is 0 Å². The molecule has 1 aliphatic heterocycles. The van der Waals surface area contributed by atoms with Crippen molar-refractivity contribution < 1.29 is 32.6 Å². The molecule has 2 N–H and O–H groups in total. The summed E-state index contributed by atoms with van der Waals surface area (Å²) in [6.07, 6.45) is 0.211. The molecule has 0 saturated carbocycles. The molecule has 10 heteroatoms. The molecule has 8 nitrogen and oxygen atoms in total. The fraction of sp³-hybridized carbons (Fsp3) is 0.146. The minimum atomic E-state index is -3.35. The van der Waals surface area contributed by atoms with E-state index in [0.29, 0.717) is 33.9 Å². The van der Waals surface area contributed by atoms with Gasteiger partial charge in [-0.3, -0.25) is 14.4 Å². The molecular formula is C41H35F2N3O5. The van der Waals surface area contributed by atoms with Crippen molar-refractivity contribution in [3.05, 3.63) is 138 Å². The molecule has 0 radical (unpaired) electrons. The van der Waals surface area contributed by atoms with Crippen LogP contribution in [0.3, 0.4) is 0 Å². The predicted octanol–water partition coefficient (Wildman–Crippen LogP) is 8.11. The van der Waals surface area contributed by atoms with Gasteiger partial charge in [0.15, 0.2) is 0 Å². The van der Waals surface area contributed by atoms with Gasteiger partial charge in [0, 0.05) is 70.7 Å². The molecule has 0 bridgehead atoms. The third-order valence-corrected chi connectivity index (χ3v) is 8.77. The number of fused-ring (bicyclic) bond motifs is 1. The maximum atomic E-state index is 15.4. The van der Waals surface area contributed by atoms with E-state index in [2.05, 4.69) is 10.6 Å². The van der Waals surface area contributed by atoms with E-state index in [4.69, 9.17) is 9.47 Å². The molecule has 0 saturated heterocycles. The molecule has 1 aliphatic rings. The van der Waals surface area contributed by atoms with Gasteiger partial charge in [-0.05, 0) is 54.1 Å². The maximum absolute atomic E-state index is 15.4. The second kappa shape index (κ2) is 14.7. The fourth-order valence-electron chi connectivity index (χ4n) is 6.26. The normalized spacial score (nSPS) is 14.2. The molecule has 1 heterocycles. The first-order valence-electron chi connectivity index (χ1n) is 16.2. The van der Waals surface area contributed by atoms with Gasteiger partial charge >= 0.3 is 0 Å². The van der Waals surface area contributed by atoms with E-state index >= 15 is 8.78 Å². The molecule has 5 aromatic carbocycles. The van der Waals surface area contributed by atoms with E-state index in [-0.39, 0.29) is 23.4 Å². The van der Waals surface area contributed by atoms with Crippen molar-refractivity contribution in [2.45, 2.75) is 12.3 Å². The van der Waals surface area contributed by atoms with Gasteiger partial charge in [0.05, 0.1) is 19.9 Å². The summed E-state index contributed by atoms with van der Waals surface area (Å²) < 4.78 is 42.1. The number of carbonyl (C=O) groups excluding carboxylic acids is 3. The minimum Gasteiger partial charge on any atom is -0.496 e. The van der Waals surface area contributed by atoms with Gasteiger partial charge in [-0.1, -0.05) is 66.7 Å². The monoisotopic (exact) mass is 687 g/mol. The highest BCUT2D eigenvalue weighted by molar-refractivity contribution is 6.13. The number of nitrogens with zero attached hydrogens (tertiary/aromatic N) is 1. The predicted molar refractivity (Wildman–Crippen MR) is 195 cm³/mol. The van der Waals surface area contributed by atoms with Crippen LogP contribution in [0.15, 0.2) is 121 Å². The molecule has 0 aliphatic carbocycles. The number of anilines is 2. The van der Waals surface area contributed by atoms with Crippen molar-refractivity contribution in [1.82, 2.24) is 5.32 Å². The summed E-state index contributed by atoms with van der Waals surface area (Å²) in [5, 5.41) is 5.30. The molecule has 0 fully saturated rings. The van der Waals surface area contributed by atoms with Crippen molar-refractivity contribution in [3.8, 4) is 33.8 Å². The first kappa shape index (κ1) is 34.6. The Balaban J connectivity index is 1.32. The zero-order valence-corrected chi connectivity index (χ0v) is 28.2. The third kappa shape index (κ3) is 6.94. The quantitative estimate of drug-likeness (QED) is 0.161. The van der Waals surface area contributed by atoms with Crippen molar-refractivity contribution >= 4 is 34.7 Å². The van der Waals surface area contributed by atoms with Crippen molar-refractivity contribution in [2.24, 2.45) is 0 Å². The number of para-hydroxylation sites is 3. The first-order chi connectivity index (χ1) is 24.7. The third-order valence-electron chi connectivity index (χ3n) is 8.77. The highest BCUT2D eigenvalue weighted by Gasteiger charge is 2.41. The van der Waals surface area contributed by atoms with Crippen LogP contribution in [0.25, 0.3) is 27.8 Å². The van der Waals surface area contributed by atoms with Gasteiger partial charge in [-0.25, -0.2) is 8.78 Å². The zero-order chi connectivity index (χ0) is 36.1. The summed E-state index contributed by atoms with van der Waals surface area (Å²) in [6.45, 7) is -0.277. The number of likely N-dealkylation sites (N-methyl/N-ethyl adjacent to an activating group) is 1. The second-order valence-corrected chi connectivity index (χ2v) is 11.8. The van der Waals surface area contributed by atoms with E-state index in [1.807, 2.05) is 54.6 Å². The van der Waals surface area contributed by atoms with Crippen LogP contribution >= 0.6 is 0 Å². The van der Waals surface area contributed by atoms with Crippen LogP contribution in [0.2, 0.25) is 0 Å². The molecule has 6 rings (SSSR count). The van der Waals surface area contributed by atoms with E-state index in [1.165, 1.54) is 30.1 Å². The Labute approximate surface area is 294 Å². The number of methoxy groups -OCH3 is 2. The Morgan fingerprint density at radius 2 is 1.31 bits per heavy atom. The summed E-state index contributed by atoms with van der Waals surface area (Å²) in [5.74, 6) is -3.69. The van der Waals surface area contributed by atoms with E-state index in [0.717, 1.165) is 17.2 Å². The van der Waals surface area contributed by atoms with Crippen LogP contribution in [-0.2, 0) is 4.79 Å². The minimum absolute atomic E-state index is 0.0991. The largest absolute Gasteiger partial charge is 0.496 e. The molecule has 0 spiro atoms. The van der Waals surface area contributed by atoms with Crippen molar-refractivity contribution in [3.63, 3.8) is 0 Å². The van der Waals surface area contributed by atoms with Crippen LogP contribution in [0.4, 0.5) is 20.2 Å². The lowest BCUT2D eigenvalue weighted by atomic mass is 9.89. The van der Waals surface area contributed by atoms with Crippen LogP contribution in [0, 0.1) is 0 Å². The fourth-order valence-corrected chi connectivity index (χ4v) is 6.26. The van der Waals surface area contributed by atoms with Gasteiger partial charge in [0.1, 0.15) is 11.5 Å². The highest BCUT2D eigenvalue weighted by atomic mass is 19.3. The van der Waals surface area contributed by atoms with Gasteiger partial charge in [-0.2, -0.15) is 0 Å². The van der Waals surface area contributed by atoms with Crippen LogP contribution < -0.4 is 25.0 Å². The van der Waals surface area contributed by atoms with E-state index in [1.54, 1.807) is 56.7 Å². The molecule has 0 unspecified atom stereocenters. The number of carbonyl (C=O) groups is 3. The van der Waals surface area contributed by atoms with Gasteiger partial charge < -0.3 is 25.0 Å². The van der Waals surface area contributed by atoms with Gasteiger partial charge in [0.25, 0.3) is 17.7 Å². The average molecular weight is 688 g/mol. The van der Waals surface area contributed by atoms with E-state index < -0.39 is 35.6 Å². The van der Waals surface area contributed by atoms with Gasteiger partial charge in [-0.15, -0.1) is 0 Å². The number of nitrogens with one attached hydrogen (secondary N) is 2. The number of rotatable bonds is 8. The first-order valence-corrected chi connectivity index (χ1v) is 16.2. The average Bonchev–Trinajstić information content (AvgIpc) is 3.27. The number of hydrogen-bond acceptors (Lipinski definition) is 5. The summed E-state index contributed by atoms with van der Waals surface area (Å²) in [7, 11) is 4.53. The zero-order valence-electron chi connectivity index (χ0n) is 28.2. The molecule has 0 aromatic heterocycles. The Bertz CT molecular complexity index is 2150. The lowest BCUT2D eigenvalue weighted by Gasteiger charge is -2.23. The smallest absolute Gasteiger partial charge is 0.275 e. The summed E-state index contributed by atoms with van der Waals surface area (Å²) in [6, 6.07) is 33.0. The Morgan fingerprint density at radius 3 is 1.98 bits per heavy atom. The summed E-state index contributed by atoms with van der Waals surface area (Å²) in [4.78, 5) is 41.2. The summed E-state index contributed by atoms with van der Waals surface area (Å²) >= 11 is 0. The lowest BCUT2D eigenvalue weighted by molar-refractivity contribution is -0.116. The van der Waals surface area contributed by atoms with E-state index in [9.17, 15) is 14.4 Å². The van der Waals surface area contributed by atoms with Gasteiger partial charge in [0.2, 0.25) is 5.91 Å². The SMILES string of the molecule is CNC(=O)/C=C1/c2ccccc2N(C(=O)c2ccc(NC(=O)c3cccc(-c4ccccc4OC)c3-c3ccccc3OC)cc2)CCC1(F)F. The highest BCUT2D eigenvalue weighted by Crippen LogP contribution is 2.44. The number of alkyl halides is 2. The Hall–Kier alpha value is -6.29. The molecular weight excluding hydrogens is 652 g/mol. The molecule has 3 amide bonds. The number of ether oxygens (including phenoxy) is 2. The number of amides is 3. The number of allylic oxidation sites excluding steroid dienone is 1. The topological polar surface area (TPSA) is 97.0 Å². The molecule has 258 valence electrons.